The van der Waals surface area contributed by atoms with Gasteiger partial charge in [-0.1, -0.05) is 36.4 Å². The summed E-state index contributed by atoms with van der Waals surface area (Å²) in [5, 5.41) is 8.26. The summed E-state index contributed by atoms with van der Waals surface area (Å²) >= 11 is 3.24. The van der Waals surface area contributed by atoms with Crippen LogP contribution in [0.2, 0.25) is 0 Å². The van der Waals surface area contributed by atoms with E-state index in [4.69, 9.17) is 4.98 Å². The predicted molar refractivity (Wildman–Crippen MR) is 110 cm³/mol. The van der Waals surface area contributed by atoms with Gasteiger partial charge < -0.3 is 10.3 Å². The molecule has 132 valence electrons. The highest BCUT2D eigenvalue weighted by Crippen LogP contribution is 2.31. The van der Waals surface area contributed by atoms with Crippen molar-refractivity contribution in [2.45, 2.75) is 25.9 Å². The maximum Gasteiger partial charge on any atom is 0.260 e. The molecule has 4 nitrogen and oxygen atoms in total. The van der Waals surface area contributed by atoms with E-state index in [0.29, 0.717) is 11.2 Å². The Bertz CT molecular complexity index is 1070. The van der Waals surface area contributed by atoms with Crippen molar-refractivity contribution in [2.24, 2.45) is 0 Å². The van der Waals surface area contributed by atoms with E-state index in [9.17, 15) is 4.79 Å². The second-order valence-electron chi connectivity index (χ2n) is 6.27. The monoisotopic (exact) mass is 381 g/mol. The SMILES string of the molecule is C[C@H](N[C@@H](C)c1cccs1)c1nc2scc(-c3ccccc3)c2c(=O)[nH]1. The lowest BCUT2D eigenvalue weighted by Crippen LogP contribution is -2.25. The summed E-state index contributed by atoms with van der Waals surface area (Å²) in [6.07, 6.45) is 0. The van der Waals surface area contributed by atoms with Gasteiger partial charge in [-0.2, -0.15) is 0 Å². The zero-order chi connectivity index (χ0) is 18.1. The topological polar surface area (TPSA) is 57.8 Å². The van der Waals surface area contributed by atoms with Crippen LogP contribution in [0.25, 0.3) is 21.3 Å². The number of nitrogens with zero attached hydrogens (tertiary/aromatic N) is 1. The standard InChI is InChI=1S/C20H19N3OS2/c1-12(16-9-6-10-25-16)21-13(2)18-22-19(24)17-15(11-26-20(17)23-18)14-7-4-3-5-8-14/h3-13,21H,1-2H3,(H,22,23,24)/t12-,13-/m0/s1. The lowest BCUT2D eigenvalue weighted by atomic mass is 10.1. The summed E-state index contributed by atoms with van der Waals surface area (Å²) in [5.41, 5.74) is 1.90. The van der Waals surface area contributed by atoms with Crippen LogP contribution < -0.4 is 10.9 Å². The molecule has 0 fully saturated rings. The molecule has 0 unspecified atom stereocenters. The van der Waals surface area contributed by atoms with Crippen molar-refractivity contribution < 1.29 is 0 Å². The normalized spacial score (nSPS) is 13.8. The molecule has 4 rings (SSSR count). The third-order valence-electron chi connectivity index (χ3n) is 4.43. The number of H-pyrrole nitrogens is 1. The van der Waals surface area contributed by atoms with Gasteiger partial charge >= 0.3 is 0 Å². The number of aromatic amines is 1. The maximum atomic E-state index is 12.8. The van der Waals surface area contributed by atoms with Gasteiger partial charge in [-0.3, -0.25) is 4.79 Å². The molecule has 4 aromatic rings. The van der Waals surface area contributed by atoms with Crippen molar-refractivity contribution in [3.63, 3.8) is 0 Å². The Morgan fingerprint density at radius 2 is 1.85 bits per heavy atom. The number of rotatable bonds is 5. The number of fused-ring (bicyclic) bond motifs is 1. The third kappa shape index (κ3) is 3.23. The average molecular weight is 382 g/mol. The fourth-order valence-corrected chi connectivity index (χ4v) is 4.77. The minimum absolute atomic E-state index is 0.0496. The van der Waals surface area contributed by atoms with Crippen LogP contribution in [0.4, 0.5) is 0 Å². The van der Waals surface area contributed by atoms with Crippen molar-refractivity contribution >= 4 is 32.9 Å². The largest absolute Gasteiger partial charge is 0.309 e. The van der Waals surface area contributed by atoms with Crippen LogP contribution in [0.1, 0.15) is 36.6 Å². The Labute approximate surface area is 159 Å². The van der Waals surface area contributed by atoms with Gasteiger partial charge in [0, 0.05) is 21.9 Å². The fourth-order valence-electron chi connectivity index (χ4n) is 3.07. The molecule has 3 aromatic heterocycles. The molecule has 3 heterocycles. The number of nitrogens with one attached hydrogen (secondary N) is 2. The zero-order valence-electron chi connectivity index (χ0n) is 14.5. The zero-order valence-corrected chi connectivity index (χ0v) is 16.2. The first kappa shape index (κ1) is 17.1. The number of thiophene rings is 2. The molecule has 0 aliphatic heterocycles. The molecule has 0 radical (unpaired) electrons. The molecule has 2 atom stereocenters. The van der Waals surface area contributed by atoms with Gasteiger partial charge in [-0.05, 0) is 30.9 Å². The second-order valence-corrected chi connectivity index (χ2v) is 8.11. The van der Waals surface area contributed by atoms with E-state index in [2.05, 4.69) is 28.7 Å². The number of benzene rings is 1. The molecule has 6 heteroatoms. The lowest BCUT2D eigenvalue weighted by molar-refractivity contribution is 0.482. The van der Waals surface area contributed by atoms with Gasteiger partial charge in [0.05, 0.1) is 11.4 Å². The molecule has 1 aromatic carbocycles. The molecule has 2 N–H and O–H groups in total. The molecule has 0 aliphatic carbocycles. The molecule has 0 saturated carbocycles. The van der Waals surface area contributed by atoms with E-state index in [1.54, 1.807) is 11.3 Å². The van der Waals surface area contributed by atoms with Gasteiger partial charge in [0.25, 0.3) is 5.56 Å². The molecule has 0 aliphatic rings. The molecule has 0 amide bonds. The van der Waals surface area contributed by atoms with Crippen LogP contribution in [0.15, 0.2) is 58.0 Å². The smallest absolute Gasteiger partial charge is 0.260 e. The molecular formula is C20H19N3OS2. The van der Waals surface area contributed by atoms with Gasteiger partial charge in [-0.15, -0.1) is 22.7 Å². The van der Waals surface area contributed by atoms with Crippen LogP contribution in [-0.2, 0) is 0 Å². The van der Waals surface area contributed by atoms with Gasteiger partial charge in [0.2, 0.25) is 0 Å². The highest BCUT2D eigenvalue weighted by molar-refractivity contribution is 7.17. The van der Waals surface area contributed by atoms with Crippen molar-refractivity contribution in [1.82, 2.24) is 15.3 Å². The first-order valence-electron chi connectivity index (χ1n) is 8.50. The molecule has 26 heavy (non-hydrogen) atoms. The average Bonchev–Trinajstić information content (AvgIpc) is 3.32. The Kier molecular flexibility index (Phi) is 4.72. The maximum absolute atomic E-state index is 12.8. The van der Waals surface area contributed by atoms with Crippen molar-refractivity contribution in [3.8, 4) is 11.1 Å². The number of hydrogen-bond donors (Lipinski definition) is 2. The minimum Gasteiger partial charge on any atom is -0.309 e. The van der Waals surface area contributed by atoms with E-state index < -0.39 is 0 Å². The number of aromatic nitrogens is 2. The third-order valence-corrected chi connectivity index (χ3v) is 6.35. The van der Waals surface area contributed by atoms with Gasteiger partial charge in [0.15, 0.2) is 0 Å². The van der Waals surface area contributed by atoms with E-state index >= 15 is 0 Å². The first-order chi connectivity index (χ1) is 12.6. The minimum atomic E-state index is -0.0810. The Morgan fingerprint density at radius 1 is 1.04 bits per heavy atom. The summed E-state index contributed by atoms with van der Waals surface area (Å²) in [7, 11) is 0. The van der Waals surface area contributed by atoms with Crippen LogP contribution in [0.5, 0.6) is 0 Å². The summed E-state index contributed by atoms with van der Waals surface area (Å²) in [6, 6.07) is 14.3. The van der Waals surface area contributed by atoms with Crippen LogP contribution in [-0.4, -0.2) is 9.97 Å². The Balaban J connectivity index is 1.67. The Morgan fingerprint density at radius 3 is 2.58 bits per heavy atom. The quantitative estimate of drug-likeness (QED) is 0.504. The van der Waals surface area contributed by atoms with Crippen molar-refractivity contribution in [3.05, 3.63) is 74.3 Å². The van der Waals surface area contributed by atoms with E-state index in [0.717, 1.165) is 16.0 Å². The highest BCUT2D eigenvalue weighted by Gasteiger charge is 2.17. The summed E-state index contributed by atoms with van der Waals surface area (Å²) in [4.78, 5) is 22.5. The fraction of sp³-hybridized carbons (Fsp3) is 0.200. The molecule has 0 bridgehead atoms. The molecular weight excluding hydrogens is 362 g/mol. The predicted octanol–water partition coefficient (Wildman–Crippen LogP) is 5.12. The molecule has 0 spiro atoms. The van der Waals surface area contributed by atoms with Gasteiger partial charge in [-0.25, -0.2) is 4.98 Å². The summed E-state index contributed by atoms with van der Waals surface area (Å²) < 4.78 is 0. The Hall–Kier alpha value is -2.28. The summed E-state index contributed by atoms with van der Waals surface area (Å²) in [5.74, 6) is 0.673. The van der Waals surface area contributed by atoms with Crippen LogP contribution in [0, 0.1) is 0 Å². The van der Waals surface area contributed by atoms with Gasteiger partial charge in [0.1, 0.15) is 10.7 Å². The van der Waals surface area contributed by atoms with Crippen LogP contribution >= 0.6 is 22.7 Å². The van der Waals surface area contributed by atoms with E-state index in [-0.39, 0.29) is 17.6 Å². The van der Waals surface area contributed by atoms with E-state index in [1.165, 1.54) is 16.2 Å². The van der Waals surface area contributed by atoms with Crippen LogP contribution in [0.3, 0.4) is 0 Å². The van der Waals surface area contributed by atoms with Crippen molar-refractivity contribution in [2.75, 3.05) is 0 Å². The summed E-state index contributed by atoms with van der Waals surface area (Å²) in [6.45, 7) is 4.15. The van der Waals surface area contributed by atoms with Crippen molar-refractivity contribution in [1.29, 1.82) is 0 Å². The van der Waals surface area contributed by atoms with E-state index in [1.807, 2.05) is 48.7 Å². The molecule has 0 saturated heterocycles. The lowest BCUT2D eigenvalue weighted by Gasteiger charge is -2.18. The highest BCUT2D eigenvalue weighted by atomic mass is 32.1. The second kappa shape index (κ2) is 7.15. The first-order valence-corrected chi connectivity index (χ1v) is 10.3. The number of hydrogen-bond acceptors (Lipinski definition) is 5.